The van der Waals surface area contributed by atoms with Gasteiger partial charge in [0.25, 0.3) is 5.56 Å². The normalized spacial score (nSPS) is 23.4. The first-order valence-electron chi connectivity index (χ1n) is 10.2. The molecule has 0 saturated carbocycles. The third-order valence-corrected chi connectivity index (χ3v) is 5.64. The second-order valence-corrected chi connectivity index (χ2v) is 8.00. The van der Waals surface area contributed by atoms with Crippen molar-refractivity contribution in [3.05, 3.63) is 62.6 Å². The van der Waals surface area contributed by atoms with Crippen molar-refractivity contribution in [3.63, 3.8) is 0 Å². The minimum absolute atomic E-state index is 0.0266. The number of carbonyl (C=O) groups is 1. The minimum atomic E-state index is -1.36. The van der Waals surface area contributed by atoms with Crippen LogP contribution in [-0.4, -0.2) is 66.4 Å². The van der Waals surface area contributed by atoms with Gasteiger partial charge in [-0.3, -0.25) is 23.8 Å². The van der Waals surface area contributed by atoms with Gasteiger partial charge in [-0.25, -0.2) is 4.79 Å². The van der Waals surface area contributed by atoms with Gasteiger partial charge in [0, 0.05) is 5.69 Å². The number of fused-ring (bicyclic) bond motifs is 1. The smallest absolute Gasteiger partial charge is 0.328 e. The summed E-state index contributed by atoms with van der Waals surface area (Å²) in [6, 6.07) is 7.61. The zero-order chi connectivity index (χ0) is 23.0. The Bertz CT molecular complexity index is 1260. The second kappa shape index (κ2) is 8.69. The fraction of sp³-hybridized carbons (Fsp3) is 0.429. The summed E-state index contributed by atoms with van der Waals surface area (Å²) in [7, 11) is 0. The van der Waals surface area contributed by atoms with E-state index >= 15 is 0 Å². The SMILES string of the molecule is Cc1cc(C)n(CC(=O)N[C@@H]2CO[C@H](Cn3c(=O)[nH]c(=O)c4ccccc43)[C@@H](O)[C@H]2O)n1. The minimum Gasteiger partial charge on any atom is -0.388 e. The van der Waals surface area contributed by atoms with Crippen molar-refractivity contribution in [2.24, 2.45) is 0 Å². The Hall–Kier alpha value is -3.28. The molecule has 1 aliphatic heterocycles. The fourth-order valence-corrected chi connectivity index (χ4v) is 4.00. The molecule has 4 N–H and O–H groups in total. The van der Waals surface area contributed by atoms with E-state index in [-0.39, 0.29) is 25.6 Å². The molecule has 3 heterocycles. The van der Waals surface area contributed by atoms with Gasteiger partial charge in [0.2, 0.25) is 5.91 Å². The lowest BCUT2D eigenvalue weighted by atomic mass is 9.97. The number of para-hydroxylation sites is 1. The van der Waals surface area contributed by atoms with Gasteiger partial charge in [0.15, 0.2) is 0 Å². The molecule has 0 radical (unpaired) electrons. The van der Waals surface area contributed by atoms with Gasteiger partial charge in [0.1, 0.15) is 24.9 Å². The summed E-state index contributed by atoms with van der Waals surface area (Å²) in [6.45, 7) is 3.50. The molecule has 11 heteroatoms. The van der Waals surface area contributed by atoms with Gasteiger partial charge in [-0.1, -0.05) is 12.1 Å². The number of benzene rings is 1. The molecular weight excluding hydrogens is 418 g/mol. The van der Waals surface area contributed by atoms with Crippen molar-refractivity contribution >= 4 is 16.8 Å². The quantitative estimate of drug-likeness (QED) is 0.387. The van der Waals surface area contributed by atoms with Crippen molar-refractivity contribution < 1.29 is 19.7 Å². The number of rotatable bonds is 5. The number of aromatic nitrogens is 4. The van der Waals surface area contributed by atoms with E-state index in [1.54, 1.807) is 28.9 Å². The van der Waals surface area contributed by atoms with Crippen molar-refractivity contribution in [1.29, 1.82) is 0 Å². The number of aliphatic hydroxyl groups excluding tert-OH is 2. The van der Waals surface area contributed by atoms with Gasteiger partial charge >= 0.3 is 5.69 Å². The standard InChI is InChI=1S/C21H25N5O6/c1-11-7-12(2)26(24-11)9-17(27)22-14-10-32-16(19(29)18(14)28)8-25-15-6-4-3-5-13(15)20(30)23-21(25)31/h3-7,14,16,18-19,28-29H,8-10H2,1-2H3,(H,22,27)(H,23,30,31)/t14-,16-,18+,19-/m1/s1. The number of hydrogen-bond donors (Lipinski definition) is 4. The van der Waals surface area contributed by atoms with Crippen LogP contribution in [0.2, 0.25) is 0 Å². The zero-order valence-electron chi connectivity index (χ0n) is 17.7. The largest absolute Gasteiger partial charge is 0.388 e. The number of aryl methyl sites for hydroxylation is 2. The molecule has 1 aliphatic rings. The number of nitrogens with zero attached hydrogens (tertiary/aromatic N) is 3. The number of ether oxygens (including phenoxy) is 1. The van der Waals surface area contributed by atoms with Gasteiger partial charge < -0.3 is 20.3 Å². The monoisotopic (exact) mass is 443 g/mol. The van der Waals surface area contributed by atoms with Crippen LogP contribution in [0.4, 0.5) is 0 Å². The highest BCUT2D eigenvalue weighted by Gasteiger charge is 2.39. The van der Waals surface area contributed by atoms with Crippen LogP contribution in [0.15, 0.2) is 39.9 Å². The van der Waals surface area contributed by atoms with Crippen molar-refractivity contribution in [2.45, 2.75) is 51.3 Å². The molecule has 1 saturated heterocycles. The Balaban J connectivity index is 1.45. The maximum atomic E-state index is 12.4. The number of amides is 1. The van der Waals surface area contributed by atoms with E-state index in [0.29, 0.717) is 10.9 Å². The lowest BCUT2D eigenvalue weighted by molar-refractivity contribution is -0.158. The summed E-state index contributed by atoms with van der Waals surface area (Å²) in [6.07, 6.45) is -3.58. The molecule has 1 amide bonds. The first-order valence-corrected chi connectivity index (χ1v) is 10.2. The first-order chi connectivity index (χ1) is 15.2. The van der Waals surface area contributed by atoms with Crippen molar-refractivity contribution in [2.75, 3.05) is 6.61 Å². The highest BCUT2D eigenvalue weighted by molar-refractivity contribution is 5.77. The highest BCUT2D eigenvalue weighted by Crippen LogP contribution is 2.18. The average molecular weight is 443 g/mol. The number of hydrogen-bond acceptors (Lipinski definition) is 7. The molecule has 0 unspecified atom stereocenters. The van der Waals surface area contributed by atoms with Crippen LogP contribution in [0.25, 0.3) is 10.9 Å². The molecule has 4 atom stereocenters. The first kappa shape index (κ1) is 21.9. The molecule has 0 bridgehead atoms. The molecule has 11 nitrogen and oxygen atoms in total. The fourth-order valence-electron chi connectivity index (χ4n) is 4.00. The third-order valence-electron chi connectivity index (χ3n) is 5.64. The Labute approximate surface area is 182 Å². The molecule has 32 heavy (non-hydrogen) atoms. The summed E-state index contributed by atoms with van der Waals surface area (Å²) >= 11 is 0. The summed E-state index contributed by atoms with van der Waals surface area (Å²) in [5, 5.41) is 28.4. The van der Waals surface area contributed by atoms with E-state index in [1.165, 1.54) is 4.57 Å². The molecule has 1 fully saturated rings. The van der Waals surface area contributed by atoms with Crippen molar-refractivity contribution in [3.8, 4) is 0 Å². The number of nitrogens with one attached hydrogen (secondary N) is 2. The number of aliphatic hydroxyl groups is 2. The van der Waals surface area contributed by atoms with Crippen LogP contribution in [-0.2, 0) is 22.6 Å². The lowest BCUT2D eigenvalue weighted by Gasteiger charge is -2.38. The summed E-state index contributed by atoms with van der Waals surface area (Å²) in [5.74, 6) is -0.377. The van der Waals surface area contributed by atoms with Gasteiger partial charge in [-0.15, -0.1) is 0 Å². The molecular formula is C21H25N5O6. The summed E-state index contributed by atoms with van der Waals surface area (Å²) < 4.78 is 8.53. The summed E-state index contributed by atoms with van der Waals surface area (Å²) in [4.78, 5) is 39.0. The Kier molecular flexibility index (Phi) is 5.96. The van der Waals surface area contributed by atoms with Crippen LogP contribution in [0.3, 0.4) is 0 Å². The van der Waals surface area contributed by atoms with Crippen LogP contribution in [0.5, 0.6) is 0 Å². The average Bonchev–Trinajstić information content (AvgIpc) is 3.06. The maximum absolute atomic E-state index is 12.4. The maximum Gasteiger partial charge on any atom is 0.328 e. The number of carbonyl (C=O) groups excluding carboxylic acids is 1. The zero-order valence-corrected chi connectivity index (χ0v) is 17.7. The Morgan fingerprint density at radius 3 is 2.72 bits per heavy atom. The van der Waals surface area contributed by atoms with E-state index in [1.807, 2.05) is 19.9 Å². The topological polar surface area (TPSA) is 151 Å². The van der Waals surface area contributed by atoms with Gasteiger partial charge in [0.05, 0.1) is 35.8 Å². The predicted molar refractivity (Wildman–Crippen MR) is 114 cm³/mol. The van der Waals surface area contributed by atoms with E-state index in [2.05, 4.69) is 15.4 Å². The number of H-pyrrole nitrogens is 1. The van der Waals surface area contributed by atoms with E-state index in [9.17, 15) is 24.6 Å². The molecule has 0 spiro atoms. The third kappa shape index (κ3) is 4.22. The van der Waals surface area contributed by atoms with Crippen LogP contribution in [0, 0.1) is 13.8 Å². The molecule has 2 aromatic heterocycles. The molecule has 4 rings (SSSR count). The lowest BCUT2D eigenvalue weighted by Crippen LogP contribution is -2.60. The molecule has 3 aromatic rings. The second-order valence-electron chi connectivity index (χ2n) is 8.00. The highest BCUT2D eigenvalue weighted by atomic mass is 16.5. The Morgan fingerprint density at radius 1 is 1.25 bits per heavy atom. The molecule has 1 aromatic carbocycles. The molecule has 170 valence electrons. The van der Waals surface area contributed by atoms with Crippen LogP contribution < -0.4 is 16.6 Å². The van der Waals surface area contributed by atoms with Crippen LogP contribution >= 0.6 is 0 Å². The number of aromatic amines is 1. The van der Waals surface area contributed by atoms with Gasteiger partial charge in [-0.2, -0.15) is 5.10 Å². The van der Waals surface area contributed by atoms with Crippen LogP contribution in [0.1, 0.15) is 11.4 Å². The predicted octanol–water partition coefficient (Wildman–Crippen LogP) is -1.19. The van der Waals surface area contributed by atoms with E-state index in [0.717, 1.165) is 11.4 Å². The summed E-state index contributed by atoms with van der Waals surface area (Å²) in [5.41, 5.74) is 0.875. The van der Waals surface area contributed by atoms with Gasteiger partial charge in [-0.05, 0) is 32.0 Å². The molecule has 0 aliphatic carbocycles. The van der Waals surface area contributed by atoms with Crippen molar-refractivity contribution in [1.82, 2.24) is 24.6 Å². The Morgan fingerprint density at radius 2 is 2.00 bits per heavy atom. The van der Waals surface area contributed by atoms with E-state index in [4.69, 9.17) is 4.74 Å². The van der Waals surface area contributed by atoms with E-state index < -0.39 is 35.6 Å².